The van der Waals surface area contributed by atoms with Crippen molar-refractivity contribution in [2.75, 3.05) is 44.4 Å². The van der Waals surface area contributed by atoms with Crippen LogP contribution in [0.5, 0.6) is 0 Å². The number of hydrogen-bond acceptors (Lipinski definition) is 5. The Morgan fingerprint density at radius 1 is 1.21 bits per heavy atom. The van der Waals surface area contributed by atoms with Crippen LogP contribution in [0.3, 0.4) is 0 Å². The molecule has 1 aromatic heterocycles. The summed E-state index contributed by atoms with van der Waals surface area (Å²) >= 11 is 0. The molecule has 1 aromatic rings. The summed E-state index contributed by atoms with van der Waals surface area (Å²) in [6.07, 6.45) is 2.42. The second kappa shape index (κ2) is 7.28. The van der Waals surface area contributed by atoms with Crippen molar-refractivity contribution in [2.45, 2.75) is 27.2 Å². The number of aromatic nitrogens is 2. The summed E-state index contributed by atoms with van der Waals surface area (Å²) in [5, 5.41) is 0. The van der Waals surface area contributed by atoms with Gasteiger partial charge in [-0.2, -0.15) is 0 Å². The van der Waals surface area contributed by atoms with Crippen molar-refractivity contribution >= 4 is 11.6 Å². The van der Waals surface area contributed by atoms with E-state index < -0.39 is 0 Å². The van der Waals surface area contributed by atoms with Gasteiger partial charge in [-0.3, -0.25) is 0 Å². The van der Waals surface area contributed by atoms with Crippen LogP contribution in [0.4, 0.5) is 11.6 Å². The van der Waals surface area contributed by atoms with Crippen LogP contribution < -0.4 is 10.6 Å². The Hall–Kier alpha value is -1.36. The number of nitrogen functional groups attached to an aromatic ring is 1. The molecule has 5 heteroatoms. The van der Waals surface area contributed by atoms with Crippen LogP contribution in [0.1, 0.15) is 26.3 Å². The van der Waals surface area contributed by atoms with E-state index in [0.717, 1.165) is 37.4 Å². The molecule has 5 nitrogen and oxygen atoms in total. The van der Waals surface area contributed by atoms with Gasteiger partial charge in [0.25, 0.3) is 0 Å². The maximum Gasteiger partial charge on any atom is 0.137 e. The van der Waals surface area contributed by atoms with Crippen molar-refractivity contribution < 1.29 is 0 Å². The molecule has 19 heavy (non-hydrogen) atoms. The zero-order chi connectivity index (χ0) is 14.4. The van der Waals surface area contributed by atoms with Crippen molar-refractivity contribution in [3.63, 3.8) is 0 Å². The highest BCUT2D eigenvalue weighted by Gasteiger charge is 2.16. The summed E-state index contributed by atoms with van der Waals surface area (Å²) in [7, 11) is 4.17. The first-order valence-corrected chi connectivity index (χ1v) is 6.94. The molecule has 0 saturated carbocycles. The zero-order valence-corrected chi connectivity index (χ0v) is 12.8. The molecule has 0 spiro atoms. The van der Waals surface area contributed by atoms with Gasteiger partial charge in [-0.15, -0.1) is 0 Å². The average molecular weight is 265 g/mol. The molecular formula is C14H27N5. The quantitative estimate of drug-likeness (QED) is 0.812. The Kier molecular flexibility index (Phi) is 6.02. The number of hydrogen-bond donors (Lipinski definition) is 1. The summed E-state index contributed by atoms with van der Waals surface area (Å²) in [4.78, 5) is 13.1. The molecule has 0 atom stereocenters. The lowest BCUT2D eigenvalue weighted by Gasteiger charge is -2.28. The minimum Gasteiger partial charge on any atom is -0.383 e. The van der Waals surface area contributed by atoms with Gasteiger partial charge in [-0.25, -0.2) is 9.97 Å². The largest absolute Gasteiger partial charge is 0.383 e. The van der Waals surface area contributed by atoms with Gasteiger partial charge in [0.1, 0.15) is 18.0 Å². The lowest BCUT2D eigenvalue weighted by molar-refractivity contribution is 0.408. The van der Waals surface area contributed by atoms with E-state index in [1.54, 1.807) is 6.33 Å². The fraction of sp³-hybridized carbons (Fsp3) is 0.714. The van der Waals surface area contributed by atoms with Crippen molar-refractivity contribution in [1.82, 2.24) is 14.9 Å². The highest BCUT2D eigenvalue weighted by molar-refractivity contribution is 5.56. The van der Waals surface area contributed by atoms with Crippen molar-refractivity contribution in [3.05, 3.63) is 11.9 Å². The molecule has 0 aliphatic carbocycles. The Morgan fingerprint density at radius 2 is 1.89 bits per heavy atom. The Labute approximate surface area is 116 Å². The van der Waals surface area contributed by atoms with Crippen molar-refractivity contribution in [3.8, 4) is 0 Å². The van der Waals surface area contributed by atoms with Gasteiger partial charge >= 0.3 is 0 Å². The first-order valence-electron chi connectivity index (χ1n) is 6.94. The average Bonchev–Trinajstić information content (AvgIpc) is 2.33. The fourth-order valence-corrected chi connectivity index (χ4v) is 2.07. The highest BCUT2D eigenvalue weighted by Crippen LogP contribution is 2.22. The third-order valence-corrected chi connectivity index (χ3v) is 3.01. The molecule has 1 rings (SSSR count). The number of nitrogens with two attached hydrogens (primary N) is 1. The van der Waals surface area contributed by atoms with E-state index in [1.807, 2.05) is 0 Å². The molecule has 0 aromatic carbocycles. The van der Waals surface area contributed by atoms with Crippen LogP contribution in [0.25, 0.3) is 0 Å². The molecule has 2 N–H and O–H groups in total. The van der Waals surface area contributed by atoms with Gasteiger partial charge in [0.05, 0.1) is 0 Å². The highest BCUT2D eigenvalue weighted by atomic mass is 15.2. The molecule has 0 saturated heterocycles. The SMILES string of the molecule is CCc1c(N)ncnc1N(CCN(C)C)CC(C)C. The number of anilines is 2. The smallest absolute Gasteiger partial charge is 0.137 e. The molecule has 0 aliphatic heterocycles. The van der Waals surface area contributed by atoms with Crippen LogP contribution in [-0.4, -0.2) is 48.6 Å². The number of rotatable bonds is 7. The second-order valence-corrected chi connectivity index (χ2v) is 5.56. The second-order valence-electron chi connectivity index (χ2n) is 5.56. The lowest BCUT2D eigenvalue weighted by atomic mass is 10.1. The predicted octanol–water partition coefficient (Wildman–Crippen LogP) is 1.65. The Morgan fingerprint density at radius 3 is 2.42 bits per heavy atom. The molecule has 0 unspecified atom stereocenters. The maximum atomic E-state index is 5.97. The third kappa shape index (κ3) is 4.67. The van der Waals surface area contributed by atoms with E-state index >= 15 is 0 Å². The van der Waals surface area contributed by atoms with E-state index in [9.17, 15) is 0 Å². The van der Waals surface area contributed by atoms with E-state index in [1.165, 1.54) is 0 Å². The van der Waals surface area contributed by atoms with Crippen LogP contribution in [0.2, 0.25) is 0 Å². The molecule has 0 amide bonds. The summed E-state index contributed by atoms with van der Waals surface area (Å²) in [5.74, 6) is 2.18. The molecule has 108 valence electrons. The first-order chi connectivity index (χ1) is 8.95. The van der Waals surface area contributed by atoms with Gasteiger partial charge in [0, 0.05) is 25.2 Å². The number of nitrogens with zero attached hydrogens (tertiary/aromatic N) is 4. The zero-order valence-electron chi connectivity index (χ0n) is 12.8. The van der Waals surface area contributed by atoms with Crippen LogP contribution >= 0.6 is 0 Å². The molecule has 0 radical (unpaired) electrons. The molecular weight excluding hydrogens is 238 g/mol. The lowest BCUT2D eigenvalue weighted by Crippen LogP contribution is -2.35. The standard InChI is InChI=1S/C14H27N5/c1-6-12-13(15)16-10-17-14(12)19(9-11(2)3)8-7-18(4)5/h10-11H,6-9H2,1-5H3,(H2,15,16,17). The summed E-state index contributed by atoms with van der Waals surface area (Å²) < 4.78 is 0. The minimum absolute atomic E-state index is 0.586. The summed E-state index contributed by atoms with van der Waals surface area (Å²) in [5.41, 5.74) is 7.03. The van der Waals surface area contributed by atoms with E-state index in [-0.39, 0.29) is 0 Å². The summed E-state index contributed by atoms with van der Waals surface area (Å²) in [6.45, 7) is 9.47. The predicted molar refractivity (Wildman–Crippen MR) is 81.4 cm³/mol. The van der Waals surface area contributed by atoms with E-state index in [2.05, 4.69) is 54.6 Å². The van der Waals surface area contributed by atoms with Gasteiger partial charge < -0.3 is 15.5 Å². The minimum atomic E-state index is 0.586. The Balaban J connectivity index is 2.98. The molecule has 0 fully saturated rings. The first kappa shape index (κ1) is 15.7. The van der Waals surface area contributed by atoms with Crippen LogP contribution in [-0.2, 0) is 6.42 Å². The molecule has 0 aliphatic rings. The normalized spacial score (nSPS) is 11.3. The van der Waals surface area contributed by atoms with E-state index in [0.29, 0.717) is 11.7 Å². The van der Waals surface area contributed by atoms with Crippen molar-refractivity contribution in [2.24, 2.45) is 5.92 Å². The number of likely N-dealkylation sites (N-methyl/N-ethyl adjacent to an activating group) is 1. The fourth-order valence-electron chi connectivity index (χ4n) is 2.07. The Bertz CT molecular complexity index is 389. The van der Waals surface area contributed by atoms with Gasteiger partial charge in [-0.1, -0.05) is 20.8 Å². The molecule has 0 bridgehead atoms. The van der Waals surface area contributed by atoms with E-state index in [4.69, 9.17) is 5.73 Å². The topological polar surface area (TPSA) is 58.3 Å². The summed E-state index contributed by atoms with van der Waals surface area (Å²) in [6, 6.07) is 0. The van der Waals surface area contributed by atoms with Gasteiger partial charge in [0.15, 0.2) is 0 Å². The maximum absolute atomic E-state index is 5.97. The van der Waals surface area contributed by atoms with Gasteiger partial charge in [-0.05, 0) is 26.4 Å². The van der Waals surface area contributed by atoms with Gasteiger partial charge in [0.2, 0.25) is 0 Å². The van der Waals surface area contributed by atoms with Crippen LogP contribution in [0.15, 0.2) is 6.33 Å². The third-order valence-electron chi connectivity index (χ3n) is 3.01. The van der Waals surface area contributed by atoms with Crippen LogP contribution in [0, 0.1) is 5.92 Å². The monoisotopic (exact) mass is 265 g/mol. The van der Waals surface area contributed by atoms with Crippen molar-refractivity contribution in [1.29, 1.82) is 0 Å². The molecule has 1 heterocycles.